The number of ether oxygens (including phenoxy) is 2. The molecule has 3 aromatic rings. The van der Waals surface area contributed by atoms with E-state index in [0.717, 1.165) is 42.0 Å². The van der Waals surface area contributed by atoms with Gasteiger partial charge >= 0.3 is 6.09 Å². The van der Waals surface area contributed by atoms with Gasteiger partial charge in [-0.1, -0.05) is 17.4 Å². The van der Waals surface area contributed by atoms with E-state index in [4.69, 9.17) is 9.47 Å². The summed E-state index contributed by atoms with van der Waals surface area (Å²) >= 11 is 1.41. The monoisotopic (exact) mass is 497 g/mol. The van der Waals surface area contributed by atoms with Crippen LogP contribution in [0.15, 0.2) is 30.5 Å². The number of amides is 2. The first kappa shape index (κ1) is 23.3. The third-order valence-corrected chi connectivity index (χ3v) is 7.55. The third kappa shape index (κ3) is 4.87. The molecule has 10 nitrogen and oxygen atoms in total. The number of rotatable bonds is 5. The number of nitrogens with zero attached hydrogens (tertiary/aromatic N) is 4. The van der Waals surface area contributed by atoms with Gasteiger partial charge in [0.1, 0.15) is 17.1 Å². The van der Waals surface area contributed by atoms with Crippen LogP contribution in [0.3, 0.4) is 0 Å². The highest BCUT2D eigenvalue weighted by Crippen LogP contribution is 2.41. The molecule has 2 aliphatic rings. The molecule has 11 heteroatoms. The van der Waals surface area contributed by atoms with Gasteiger partial charge in [-0.3, -0.25) is 10.1 Å². The van der Waals surface area contributed by atoms with Crippen molar-refractivity contribution in [3.63, 3.8) is 0 Å². The van der Waals surface area contributed by atoms with E-state index >= 15 is 0 Å². The Hall–Kier alpha value is -3.44. The molecule has 2 N–H and O–H groups in total. The highest BCUT2D eigenvalue weighted by molar-refractivity contribution is 7.22. The Labute approximate surface area is 206 Å². The number of anilines is 2. The van der Waals surface area contributed by atoms with Gasteiger partial charge in [0, 0.05) is 37.9 Å². The van der Waals surface area contributed by atoms with E-state index in [2.05, 4.69) is 20.2 Å². The van der Waals surface area contributed by atoms with Crippen LogP contribution >= 0.6 is 11.3 Å². The number of carbonyl (C=O) groups excluding carboxylic acids is 1. The number of likely N-dealkylation sites (tertiary alicyclic amines) is 1. The normalized spacial score (nSPS) is 16.9. The summed E-state index contributed by atoms with van der Waals surface area (Å²) < 4.78 is 11.9. The van der Waals surface area contributed by atoms with Crippen molar-refractivity contribution < 1.29 is 24.2 Å². The summed E-state index contributed by atoms with van der Waals surface area (Å²) in [7, 11) is 1.60. The Morgan fingerprint density at radius 3 is 2.66 bits per heavy atom. The maximum absolute atomic E-state index is 13.1. The largest absolute Gasteiger partial charge is 0.494 e. The molecule has 2 aliphatic heterocycles. The summed E-state index contributed by atoms with van der Waals surface area (Å²) in [6.07, 6.45) is 2.26. The number of pyridine rings is 1. The number of carboxylic acid groups (broad SMARTS) is 1. The lowest BCUT2D eigenvalue weighted by Crippen LogP contribution is -2.36. The first-order valence-corrected chi connectivity index (χ1v) is 12.4. The van der Waals surface area contributed by atoms with Gasteiger partial charge in [-0.25, -0.2) is 14.8 Å². The summed E-state index contributed by atoms with van der Waals surface area (Å²) in [6.45, 7) is 3.77. The molecule has 0 saturated carbocycles. The van der Waals surface area contributed by atoms with Gasteiger partial charge in [0.15, 0.2) is 5.13 Å². The molecule has 0 unspecified atom stereocenters. The zero-order valence-electron chi connectivity index (χ0n) is 19.4. The summed E-state index contributed by atoms with van der Waals surface area (Å²) in [5, 5.41) is 12.7. The van der Waals surface area contributed by atoms with Crippen molar-refractivity contribution in [2.45, 2.75) is 18.8 Å². The average molecular weight is 498 g/mol. The molecule has 0 aliphatic carbocycles. The van der Waals surface area contributed by atoms with Crippen molar-refractivity contribution in [1.82, 2.24) is 14.9 Å². The van der Waals surface area contributed by atoms with Gasteiger partial charge in [-0.2, -0.15) is 0 Å². The molecule has 2 saturated heterocycles. The fourth-order valence-corrected chi connectivity index (χ4v) is 5.69. The lowest BCUT2D eigenvalue weighted by molar-refractivity contribution is 0.102. The lowest BCUT2D eigenvalue weighted by atomic mass is 9.89. The molecule has 5 rings (SSSR count). The summed E-state index contributed by atoms with van der Waals surface area (Å²) in [4.78, 5) is 37.0. The van der Waals surface area contributed by atoms with Crippen LogP contribution in [0.25, 0.3) is 10.2 Å². The highest BCUT2D eigenvalue weighted by Gasteiger charge is 2.26. The van der Waals surface area contributed by atoms with Gasteiger partial charge in [0.25, 0.3) is 5.91 Å². The van der Waals surface area contributed by atoms with Crippen molar-refractivity contribution in [1.29, 1.82) is 0 Å². The molecule has 2 amide bonds. The van der Waals surface area contributed by atoms with E-state index in [1.807, 2.05) is 12.1 Å². The zero-order valence-corrected chi connectivity index (χ0v) is 20.2. The van der Waals surface area contributed by atoms with E-state index in [1.165, 1.54) is 16.2 Å². The Morgan fingerprint density at radius 2 is 1.94 bits per heavy atom. The van der Waals surface area contributed by atoms with E-state index in [0.29, 0.717) is 48.3 Å². The number of fused-ring (bicyclic) bond motifs is 1. The second-order valence-electron chi connectivity index (χ2n) is 8.55. The van der Waals surface area contributed by atoms with E-state index in [1.54, 1.807) is 25.4 Å². The number of thiazole rings is 1. The van der Waals surface area contributed by atoms with Crippen LogP contribution in [0.2, 0.25) is 0 Å². The van der Waals surface area contributed by atoms with Crippen molar-refractivity contribution >= 4 is 44.5 Å². The SMILES string of the molecule is COc1ccc(C2CCN(C(=O)O)CC2)c2sc(NC(=O)c3ccnc(N4CCOCC4)c3)nc12. The number of nitrogens with one attached hydrogen (secondary N) is 1. The van der Waals surface area contributed by atoms with Gasteiger partial charge in [-0.15, -0.1) is 0 Å². The van der Waals surface area contributed by atoms with Crippen molar-refractivity contribution in [3.8, 4) is 5.75 Å². The van der Waals surface area contributed by atoms with E-state index in [9.17, 15) is 14.7 Å². The van der Waals surface area contributed by atoms with Crippen LogP contribution in [0, 0.1) is 0 Å². The molecular weight excluding hydrogens is 470 g/mol. The van der Waals surface area contributed by atoms with Crippen LogP contribution in [0.4, 0.5) is 15.7 Å². The maximum atomic E-state index is 13.1. The minimum absolute atomic E-state index is 0.222. The van der Waals surface area contributed by atoms with Gasteiger partial charge in [0.2, 0.25) is 0 Å². The fourth-order valence-electron chi connectivity index (χ4n) is 4.62. The molecule has 4 heterocycles. The smallest absolute Gasteiger partial charge is 0.407 e. The van der Waals surface area contributed by atoms with Crippen LogP contribution in [0.5, 0.6) is 5.75 Å². The predicted molar refractivity (Wildman–Crippen MR) is 133 cm³/mol. The Bertz CT molecular complexity index is 1230. The fraction of sp³-hybridized carbons (Fsp3) is 0.417. The number of methoxy groups -OCH3 is 1. The minimum atomic E-state index is -0.876. The number of hydrogen-bond donors (Lipinski definition) is 2. The Kier molecular flexibility index (Phi) is 6.69. The third-order valence-electron chi connectivity index (χ3n) is 6.53. The lowest BCUT2D eigenvalue weighted by Gasteiger charge is -2.30. The zero-order chi connectivity index (χ0) is 24.4. The molecule has 2 aromatic heterocycles. The van der Waals surface area contributed by atoms with Crippen LogP contribution in [-0.2, 0) is 4.74 Å². The van der Waals surface area contributed by atoms with Gasteiger partial charge < -0.3 is 24.4 Å². The molecule has 1 aromatic carbocycles. The molecule has 184 valence electrons. The van der Waals surface area contributed by atoms with Gasteiger partial charge in [-0.05, 0) is 42.5 Å². The number of carbonyl (C=O) groups is 2. The topological polar surface area (TPSA) is 117 Å². The predicted octanol–water partition coefficient (Wildman–Crippen LogP) is 3.65. The number of hydrogen-bond acceptors (Lipinski definition) is 8. The molecule has 0 spiro atoms. The molecule has 2 fully saturated rings. The molecule has 35 heavy (non-hydrogen) atoms. The minimum Gasteiger partial charge on any atom is -0.494 e. The van der Waals surface area contributed by atoms with Crippen molar-refractivity contribution in [3.05, 3.63) is 41.6 Å². The maximum Gasteiger partial charge on any atom is 0.407 e. The number of piperidine rings is 1. The first-order valence-electron chi connectivity index (χ1n) is 11.6. The molecule has 0 radical (unpaired) electrons. The number of morpholine rings is 1. The van der Waals surface area contributed by atoms with Crippen LogP contribution in [0.1, 0.15) is 34.7 Å². The second-order valence-corrected chi connectivity index (χ2v) is 9.55. The summed E-state index contributed by atoms with van der Waals surface area (Å²) in [6, 6.07) is 7.40. The summed E-state index contributed by atoms with van der Waals surface area (Å²) in [5.41, 5.74) is 2.33. The first-order chi connectivity index (χ1) is 17.0. The van der Waals surface area contributed by atoms with Crippen LogP contribution < -0.4 is 15.0 Å². The summed E-state index contributed by atoms with van der Waals surface area (Å²) in [5.74, 6) is 1.36. The molecule has 0 bridgehead atoms. The van der Waals surface area contributed by atoms with Crippen molar-refractivity contribution in [2.75, 3.05) is 56.7 Å². The van der Waals surface area contributed by atoms with Crippen molar-refractivity contribution in [2.24, 2.45) is 0 Å². The number of benzene rings is 1. The number of aromatic nitrogens is 2. The highest BCUT2D eigenvalue weighted by atomic mass is 32.1. The van der Waals surface area contributed by atoms with Crippen LogP contribution in [-0.4, -0.2) is 78.5 Å². The van der Waals surface area contributed by atoms with E-state index < -0.39 is 6.09 Å². The average Bonchev–Trinajstić information content (AvgIpc) is 3.32. The standard InChI is InChI=1S/C24H27N5O5S/c1-33-18-3-2-17(15-5-8-29(9-6-15)24(31)32)21-20(18)26-23(35-21)27-22(30)16-4-7-25-19(14-16)28-10-12-34-13-11-28/h2-4,7,14-15H,5-6,8-13H2,1H3,(H,31,32)(H,26,27,30). The quantitative estimate of drug-likeness (QED) is 0.549. The Morgan fingerprint density at radius 1 is 1.17 bits per heavy atom. The van der Waals surface area contributed by atoms with Gasteiger partial charge in [0.05, 0.1) is 25.0 Å². The Balaban J connectivity index is 1.38. The van der Waals surface area contributed by atoms with E-state index in [-0.39, 0.29) is 11.8 Å². The molecular formula is C24H27N5O5S. The second kappa shape index (κ2) is 10.0. The molecule has 0 atom stereocenters.